The van der Waals surface area contributed by atoms with Crippen LogP contribution in [0, 0.1) is 0 Å². The van der Waals surface area contributed by atoms with Crippen LogP contribution in [0.5, 0.6) is 0 Å². The summed E-state index contributed by atoms with van der Waals surface area (Å²) in [5, 5.41) is 2.51. The average molecular weight is 434 g/mol. The Morgan fingerprint density at radius 2 is 1.26 bits per heavy atom. The molecule has 0 aliphatic heterocycles. The molecular weight excluding hydrogens is 394 g/mol. The van der Waals surface area contributed by atoms with Crippen molar-refractivity contribution in [1.82, 2.24) is 5.32 Å². The van der Waals surface area contributed by atoms with Crippen LogP contribution in [0.1, 0.15) is 84.1 Å². The highest BCUT2D eigenvalue weighted by Crippen LogP contribution is 2.21. The number of hydrogen-bond donors (Lipinski definition) is 1. The van der Waals surface area contributed by atoms with Crippen LogP contribution >= 0.6 is 0 Å². The van der Waals surface area contributed by atoms with Crippen LogP contribution in [0.4, 0.5) is 0 Å². The minimum absolute atomic E-state index is 0.129. The summed E-state index contributed by atoms with van der Waals surface area (Å²) in [5.74, 6) is -1.96. The fraction of sp³-hybridized carbons (Fsp3) is 0.640. The van der Waals surface area contributed by atoms with Crippen molar-refractivity contribution in [2.45, 2.75) is 90.5 Å². The zero-order chi connectivity index (χ0) is 23.0. The van der Waals surface area contributed by atoms with Gasteiger partial charge in [0, 0.05) is 6.92 Å². The van der Waals surface area contributed by atoms with E-state index < -0.39 is 23.4 Å². The first-order chi connectivity index (χ1) is 15.0. The number of unbranched alkanes of at least 4 members (excludes halogenated alkanes) is 7. The number of carbonyl (C=O) groups is 3. The van der Waals surface area contributed by atoms with E-state index in [1.807, 2.05) is 6.07 Å². The van der Waals surface area contributed by atoms with E-state index in [9.17, 15) is 14.4 Å². The highest BCUT2D eigenvalue weighted by molar-refractivity contribution is 6.07. The zero-order valence-corrected chi connectivity index (χ0v) is 19.4. The largest absolute Gasteiger partial charge is 0.464 e. The van der Waals surface area contributed by atoms with Gasteiger partial charge in [0.05, 0.1) is 13.2 Å². The Morgan fingerprint density at radius 1 is 0.774 bits per heavy atom. The second-order valence-corrected chi connectivity index (χ2v) is 7.84. The summed E-state index contributed by atoms with van der Waals surface area (Å²) < 4.78 is 10.2. The third kappa shape index (κ3) is 9.99. The maximum absolute atomic E-state index is 12.5. The molecule has 6 nitrogen and oxygen atoms in total. The molecule has 0 saturated heterocycles. The molecule has 6 heteroatoms. The van der Waals surface area contributed by atoms with Gasteiger partial charge in [0.1, 0.15) is 0 Å². The summed E-state index contributed by atoms with van der Waals surface area (Å²) in [6.07, 6.45) is 9.81. The quantitative estimate of drug-likeness (QED) is 0.231. The van der Waals surface area contributed by atoms with Crippen molar-refractivity contribution in [3.8, 4) is 0 Å². The third-order valence-electron chi connectivity index (χ3n) is 5.25. The second kappa shape index (κ2) is 15.4. The van der Waals surface area contributed by atoms with Crippen molar-refractivity contribution in [3.63, 3.8) is 0 Å². The topological polar surface area (TPSA) is 81.7 Å². The summed E-state index contributed by atoms with van der Waals surface area (Å²) in [7, 11) is 0. The molecule has 0 aliphatic carbocycles. The monoisotopic (exact) mass is 433 g/mol. The number of nitrogens with one attached hydrogen (secondary N) is 1. The maximum atomic E-state index is 12.5. The van der Waals surface area contributed by atoms with E-state index in [-0.39, 0.29) is 19.6 Å². The number of benzene rings is 1. The predicted octanol–water partition coefficient (Wildman–Crippen LogP) is 4.74. The second-order valence-electron chi connectivity index (χ2n) is 7.84. The Labute approximate surface area is 187 Å². The number of ether oxygens (including phenoxy) is 2. The van der Waals surface area contributed by atoms with E-state index in [1.54, 1.807) is 13.8 Å². The normalized spacial score (nSPS) is 11.1. The predicted molar refractivity (Wildman–Crippen MR) is 122 cm³/mol. The summed E-state index contributed by atoms with van der Waals surface area (Å²) in [6.45, 7) is 4.88. The molecule has 0 saturated carbocycles. The Morgan fingerprint density at radius 3 is 1.74 bits per heavy atom. The van der Waals surface area contributed by atoms with Gasteiger partial charge in [0.25, 0.3) is 0 Å². The Bertz CT molecular complexity index is 641. The fourth-order valence-corrected chi connectivity index (χ4v) is 3.69. The summed E-state index contributed by atoms with van der Waals surface area (Å²) in [5.41, 5.74) is -0.358. The number of esters is 2. The molecule has 0 bridgehead atoms. The first-order valence-corrected chi connectivity index (χ1v) is 11.6. The number of carbonyl (C=O) groups excluding carboxylic acids is 3. The highest BCUT2D eigenvalue weighted by Gasteiger charge is 2.49. The molecule has 0 aliphatic rings. The smallest absolute Gasteiger partial charge is 0.343 e. The lowest BCUT2D eigenvalue weighted by molar-refractivity contribution is -0.168. The van der Waals surface area contributed by atoms with Crippen molar-refractivity contribution in [2.75, 3.05) is 13.2 Å². The average Bonchev–Trinajstić information content (AvgIpc) is 2.74. The van der Waals surface area contributed by atoms with E-state index in [4.69, 9.17) is 9.47 Å². The van der Waals surface area contributed by atoms with Crippen LogP contribution in [0.15, 0.2) is 30.3 Å². The Hall–Kier alpha value is -2.37. The van der Waals surface area contributed by atoms with E-state index in [0.29, 0.717) is 6.42 Å². The number of amides is 1. The Balaban J connectivity index is 2.35. The summed E-state index contributed by atoms with van der Waals surface area (Å²) in [6, 6.07) is 10.6. The number of aryl methyl sites for hydroxylation is 1. The molecule has 174 valence electrons. The van der Waals surface area contributed by atoms with Gasteiger partial charge in [-0.3, -0.25) is 4.79 Å². The van der Waals surface area contributed by atoms with Crippen LogP contribution in [0.2, 0.25) is 0 Å². The van der Waals surface area contributed by atoms with E-state index in [1.165, 1.54) is 38.2 Å². The minimum atomic E-state index is -1.75. The standard InChI is InChI=1S/C25H39NO5/c1-4-30-23(28)25(26-21(3)27,24(29)31-5-2)20-16-11-9-7-6-8-10-13-17-22-18-14-12-15-19-22/h12,14-15,18-19H,4-11,13,16-17,20H2,1-3H3,(H,26,27). The van der Waals surface area contributed by atoms with Crippen LogP contribution < -0.4 is 5.32 Å². The van der Waals surface area contributed by atoms with Gasteiger partial charge in [0.15, 0.2) is 0 Å². The first kappa shape index (κ1) is 26.7. The molecule has 1 aromatic rings. The molecular formula is C25H39NO5. The van der Waals surface area contributed by atoms with Gasteiger partial charge in [-0.1, -0.05) is 68.9 Å². The van der Waals surface area contributed by atoms with Gasteiger partial charge in [-0.25, -0.2) is 9.59 Å². The van der Waals surface area contributed by atoms with Gasteiger partial charge in [0.2, 0.25) is 11.4 Å². The van der Waals surface area contributed by atoms with E-state index >= 15 is 0 Å². The summed E-state index contributed by atoms with van der Waals surface area (Å²) in [4.78, 5) is 36.8. The third-order valence-corrected chi connectivity index (χ3v) is 5.25. The zero-order valence-electron chi connectivity index (χ0n) is 19.4. The first-order valence-electron chi connectivity index (χ1n) is 11.6. The molecule has 1 N–H and O–H groups in total. The van der Waals surface area contributed by atoms with Crippen LogP contribution in [0.3, 0.4) is 0 Å². The van der Waals surface area contributed by atoms with Gasteiger partial charge in [-0.05, 0) is 45.1 Å². The fourth-order valence-electron chi connectivity index (χ4n) is 3.69. The molecule has 0 unspecified atom stereocenters. The van der Waals surface area contributed by atoms with Crippen LogP contribution in [0.25, 0.3) is 0 Å². The lowest BCUT2D eigenvalue weighted by atomic mass is 9.91. The van der Waals surface area contributed by atoms with Crippen LogP contribution in [-0.2, 0) is 30.3 Å². The number of rotatable bonds is 16. The molecule has 0 heterocycles. The van der Waals surface area contributed by atoms with Crippen LogP contribution in [-0.4, -0.2) is 36.6 Å². The highest BCUT2D eigenvalue weighted by atomic mass is 16.6. The SMILES string of the molecule is CCOC(=O)C(CCCCCCCCCCc1ccccc1)(NC(C)=O)C(=O)OCC. The number of hydrogen-bond acceptors (Lipinski definition) is 5. The molecule has 1 rings (SSSR count). The molecule has 1 amide bonds. The van der Waals surface area contributed by atoms with Crippen molar-refractivity contribution < 1.29 is 23.9 Å². The Kier molecular flexibility index (Phi) is 13.3. The van der Waals surface area contributed by atoms with E-state index in [2.05, 4.69) is 29.6 Å². The molecule has 0 atom stereocenters. The van der Waals surface area contributed by atoms with Gasteiger partial charge in [-0.2, -0.15) is 0 Å². The van der Waals surface area contributed by atoms with Crippen molar-refractivity contribution in [1.29, 1.82) is 0 Å². The van der Waals surface area contributed by atoms with E-state index in [0.717, 1.165) is 25.7 Å². The lowest BCUT2D eigenvalue weighted by Crippen LogP contribution is -2.61. The molecule has 0 radical (unpaired) electrons. The molecule has 31 heavy (non-hydrogen) atoms. The van der Waals surface area contributed by atoms with Crippen molar-refractivity contribution in [2.24, 2.45) is 0 Å². The van der Waals surface area contributed by atoms with Crippen molar-refractivity contribution >= 4 is 17.8 Å². The minimum Gasteiger partial charge on any atom is -0.464 e. The molecule has 0 spiro atoms. The van der Waals surface area contributed by atoms with Gasteiger partial charge in [-0.15, -0.1) is 0 Å². The molecule has 1 aromatic carbocycles. The lowest BCUT2D eigenvalue weighted by Gasteiger charge is -2.29. The maximum Gasteiger partial charge on any atom is 0.343 e. The molecule has 0 fully saturated rings. The molecule has 0 aromatic heterocycles. The summed E-state index contributed by atoms with van der Waals surface area (Å²) >= 11 is 0. The van der Waals surface area contributed by atoms with Crippen molar-refractivity contribution in [3.05, 3.63) is 35.9 Å². The van der Waals surface area contributed by atoms with Gasteiger partial charge >= 0.3 is 11.9 Å². The van der Waals surface area contributed by atoms with Gasteiger partial charge < -0.3 is 14.8 Å².